The first-order valence-electron chi connectivity index (χ1n) is 4.09. The maximum absolute atomic E-state index is 12.0. The van der Waals surface area contributed by atoms with Gasteiger partial charge in [-0.15, -0.1) is 12.3 Å². The van der Waals surface area contributed by atoms with Gasteiger partial charge in [-0.3, -0.25) is 4.98 Å². The molecular formula is C9H8BF3KN. The zero-order chi connectivity index (χ0) is 10.6. The number of terminal acetylenes is 1. The van der Waals surface area contributed by atoms with E-state index in [-0.39, 0.29) is 57.1 Å². The van der Waals surface area contributed by atoms with Crippen LogP contribution in [0.25, 0.3) is 0 Å². The summed E-state index contributed by atoms with van der Waals surface area (Å²) in [5.74, 6) is 2.37. The van der Waals surface area contributed by atoms with Crippen LogP contribution in [0.1, 0.15) is 11.3 Å². The summed E-state index contributed by atoms with van der Waals surface area (Å²) in [6, 6.07) is 3.02. The Hall–Kier alpha value is 0.201. The van der Waals surface area contributed by atoms with Crippen LogP contribution in [-0.4, -0.2) is 12.0 Å². The van der Waals surface area contributed by atoms with Crippen LogP contribution in [0.2, 0.25) is 0 Å². The third-order valence-corrected chi connectivity index (χ3v) is 1.63. The molecule has 0 spiro atoms. The van der Waals surface area contributed by atoms with Crippen LogP contribution < -0.4 is 51.4 Å². The standard InChI is InChI=1S/C9H8BF3N.K/c1-2-3-8-4-5-14-9(6-8)7-10(11,12)13;/h1,4-6H,3,7H2;/q-1;+1. The van der Waals surface area contributed by atoms with Crippen LogP contribution in [0, 0.1) is 12.3 Å². The van der Waals surface area contributed by atoms with Gasteiger partial charge in [-0.05, 0) is 24.0 Å². The fraction of sp³-hybridized carbons (Fsp3) is 0.222. The number of rotatable bonds is 3. The molecular weight excluding hydrogens is 229 g/mol. The van der Waals surface area contributed by atoms with E-state index in [4.69, 9.17) is 6.42 Å². The summed E-state index contributed by atoms with van der Waals surface area (Å²) in [4.78, 5) is 3.63. The van der Waals surface area contributed by atoms with Gasteiger partial charge in [0.25, 0.3) is 0 Å². The normalized spacial score (nSPS) is 10.3. The minimum absolute atomic E-state index is 0. The summed E-state index contributed by atoms with van der Waals surface area (Å²) < 4.78 is 36.1. The molecule has 1 nitrogen and oxygen atoms in total. The Morgan fingerprint density at radius 1 is 1.40 bits per heavy atom. The summed E-state index contributed by atoms with van der Waals surface area (Å²) in [6.07, 6.45) is 5.79. The van der Waals surface area contributed by atoms with E-state index in [1.807, 2.05) is 0 Å². The van der Waals surface area contributed by atoms with E-state index in [9.17, 15) is 12.9 Å². The molecule has 0 aromatic carbocycles. The predicted octanol–water partition coefficient (Wildman–Crippen LogP) is -0.810. The van der Waals surface area contributed by atoms with Crippen molar-refractivity contribution >= 4 is 6.98 Å². The van der Waals surface area contributed by atoms with Crippen LogP contribution in [0.3, 0.4) is 0 Å². The molecule has 74 valence electrons. The van der Waals surface area contributed by atoms with Crippen molar-refractivity contribution in [3.63, 3.8) is 0 Å². The molecule has 0 amide bonds. The second-order valence-corrected chi connectivity index (χ2v) is 2.95. The Bertz CT molecular complexity index is 359. The van der Waals surface area contributed by atoms with Crippen molar-refractivity contribution in [2.75, 3.05) is 0 Å². The molecule has 0 fully saturated rings. The van der Waals surface area contributed by atoms with Gasteiger partial charge >= 0.3 is 58.4 Å². The van der Waals surface area contributed by atoms with E-state index < -0.39 is 13.3 Å². The van der Waals surface area contributed by atoms with E-state index in [0.29, 0.717) is 12.0 Å². The SMILES string of the molecule is C#CCc1ccnc(C[B-](F)(F)F)c1.[K+]. The Kier molecular flexibility index (Phi) is 6.80. The largest absolute Gasteiger partial charge is 1.00 e. The van der Waals surface area contributed by atoms with Gasteiger partial charge in [0.1, 0.15) is 0 Å². The number of aromatic nitrogens is 1. The molecule has 0 radical (unpaired) electrons. The maximum atomic E-state index is 12.0. The molecule has 0 atom stereocenters. The minimum atomic E-state index is -4.82. The van der Waals surface area contributed by atoms with Crippen LogP contribution in [0.4, 0.5) is 12.9 Å². The summed E-state index contributed by atoms with van der Waals surface area (Å²) in [6.45, 7) is -4.82. The number of pyridine rings is 1. The van der Waals surface area contributed by atoms with Crippen LogP contribution in [0.15, 0.2) is 18.3 Å². The van der Waals surface area contributed by atoms with Crippen molar-refractivity contribution < 1.29 is 64.3 Å². The number of hydrogen-bond donors (Lipinski definition) is 0. The van der Waals surface area contributed by atoms with Crippen molar-refractivity contribution in [3.05, 3.63) is 29.6 Å². The van der Waals surface area contributed by atoms with E-state index in [1.54, 1.807) is 6.07 Å². The number of hydrogen-bond acceptors (Lipinski definition) is 1. The predicted molar refractivity (Wildman–Crippen MR) is 49.6 cm³/mol. The fourth-order valence-electron chi connectivity index (χ4n) is 1.10. The summed E-state index contributed by atoms with van der Waals surface area (Å²) in [7, 11) is 0. The molecule has 0 saturated carbocycles. The van der Waals surface area contributed by atoms with Crippen LogP contribution >= 0.6 is 0 Å². The van der Waals surface area contributed by atoms with Crippen LogP contribution in [-0.2, 0) is 12.7 Å². The van der Waals surface area contributed by atoms with Gasteiger partial charge < -0.3 is 12.9 Å². The van der Waals surface area contributed by atoms with Gasteiger partial charge in [-0.2, -0.15) is 0 Å². The van der Waals surface area contributed by atoms with Crippen molar-refractivity contribution in [1.82, 2.24) is 4.98 Å². The molecule has 0 aliphatic rings. The topological polar surface area (TPSA) is 12.9 Å². The number of nitrogens with zero attached hydrogens (tertiary/aromatic N) is 1. The molecule has 0 aliphatic carbocycles. The van der Waals surface area contributed by atoms with E-state index in [1.165, 1.54) is 12.3 Å². The summed E-state index contributed by atoms with van der Waals surface area (Å²) in [5, 5.41) is 0. The molecule has 1 rings (SSSR count). The van der Waals surface area contributed by atoms with Crippen LogP contribution in [0.5, 0.6) is 0 Å². The second kappa shape index (κ2) is 6.71. The molecule has 0 N–H and O–H groups in total. The Balaban J connectivity index is 0.00000196. The quantitative estimate of drug-likeness (QED) is 0.495. The van der Waals surface area contributed by atoms with Crippen molar-refractivity contribution in [2.24, 2.45) is 0 Å². The molecule has 0 bridgehead atoms. The maximum Gasteiger partial charge on any atom is 1.00 e. The van der Waals surface area contributed by atoms with Gasteiger partial charge in [0.15, 0.2) is 0 Å². The molecule has 0 aliphatic heterocycles. The minimum Gasteiger partial charge on any atom is -0.449 e. The first-order chi connectivity index (χ1) is 6.51. The first-order valence-corrected chi connectivity index (χ1v) is 4.09. The third-order valence-electron chi connectivity index (χ3n) is 1.63. The molecule has 1 aromatic rings. The Morgan fingerprint density at radius 2 is 2.07 bits per heavy atom. The van der Waals surface area contributed by atoms with E-state index in [2.05, 4.69) is 10.9 Å². The fourth-order valence-corrected chi connectivity index (χ4v) is 1.10. The molecule has 0 saturated heterocycles. The van der Waals surface area contributed by atoms with Gasteiger partial charge in [0.05, 0.1) is 0 Å². The zero-order valence-corrected chi connectivity index (χ0v) is 11.5. The molecule has 6 heteroatoms. The summed E-state index contributed by atoms with van der Waals surface area (Å²) >= 11 is 0. The molecule has 15 heavy (non-hydrogen) atoms. The molecule has 1 aromatic heterocycles. The molecule has 0 unspecified atom stereocenters. The van der Waals surface area contributed by atoms with Gasteiger partial charge in [-0.25, -0.2) is 0 Å². The average molecular weight is 237 g/mol. The van der Waals surface area contributed by atoms with E-state index in [0.717, 1.165) is 0 Å². The smallest absolute Gasteiger partial charge is 0.449 e. The Morgan fingerprint density at radius 3 is 2.60 bits per heavy atom. The van der Waals surface area contributed by atoms with Gasteiger partial charge in [0, 0.05) is 18.3 Å². The average Bonchev–Trinajstić information content (AvgIpc) is 2.02. The second-order valence-electron chi connectivity index (χ2n) is 2.95. The first kappa shape index (κ1) is 15.2. The van der Waals surface area contributed by atoms with Crippen molar-refractivity contribution in [1.29, 1.82) is 0 Å². The van der Waals surface area contributed by atoms with Gasteiger partial charge in [-0.1, -0.05) is 0 Å². The zero-order valence-electron chi connectivity index (χ0n) is 8.38. The number of halogens is 3. The third kappa shape index (κ3) is 6.38. The van der Waals surface area contributed by atoms with E-state index >= 15 is 0 Å². The van der Waals surface area contributed by atoms with Crippen molar-refractivity contribution in [2.45, 2.75) is 12.7 Å². The van der Waals surface area contributed by atoms with Gasteiger partial charge in [0.2, 0.25) is 0 Å². The van der Waals surface area contributed by atoms with Crippen molar-refractivity contribution in [3.8, 4) is 12.3 Å². The molecule has 1 heterocycles. The Labute approximate surface area is 129 Å². The summed E-state index contributed by atoms with van der Waals surface area (Å²) in [5.41, 5.74) is 0.725. The monoisotopic (exact) mass is 237 g/mol.